The van der Waals surface area contributed by atoms with Crippen LogP contribution in [0, 0.1) is 17.8 Å². The Morgan fingerprint density at radius 3 is 2.80 bits per heavy atom. The molecule has 0 saturated heterocycles. The summed E-state index contributed by atoms with van der Waals surface area (Å²) >= 11 is 0. The molecule has 0 aromatic carbocycles. The van der Waals surface area contributed by atoms with Gasteiger partial charge >= 0.3 is 0 Å². The highest BCUT2D eigenvalue weighted by atomic mass is 16.1. The fraction of sp³-hybridized carbons (Fsp3) is 0.786. The van der Waals surface area contributed by atoms with Crippen LogP contribution < -0.4 is 0 Å². The maximum absolute atomic E-state index is 10.3. The lowest BCUT2D eigenvalue weighted by Crippen LogP contribution is -2.15. The third-order valence-corrected chi connectivity index (χ3v) is 3.39. The van der Waals surface area contributed by atoms with Crippen LogP contribution in [0.25, 0.3) is 0 Å². The fourth-order valence-corrected chi connectivity index (χ4v) is 2.70. The molecule has 2 atom stereocenters. The van der Waals surface area contributed by atoms with Gasteiger partial charge in [0.2, 0.25) is 0 Å². The second-order valence-electron chi connectivity index (χ2n) is 5.35. The second kappa shape index (κ2) is 6.09. The van der Waals surface area contributed by atoms with Gasteiger partial charge in [0.15, 0.2) is 0 Å². The van der Waals surface area contributed by atoms with Crippen molar-refractivity contribution in [2.45, 2.75) is 52.9 Å². The fourth-order valence-electron chi connectivity index (χ4n) is 2.70. The number of hydrogen-bond donors (Lipinski definition) is 0. The minimum atomic E-state index is 0.697. The van der Waals surface area contributed by atoms with Crippen molar-refractivity contribution in [2.75, 3.05) is 0 Å². The van der Waals surface area contributed by atoms with Crippen LogP contribution in [-0.2, 0) is 4.79 Å². The molecule has 0 aliphatic heterocycles. The van der Waals surface area contributed by atoms with Gasteiger partial charge in [0.05, 0.1) is 0 Å². The molecule has 0 saturated carbocycles. The largest absolute Gasteiger partial charge is 0.303 e. The number of hydrogen-bond acceptors (Lipinski definition) is 1. The topological polar surface area (TPSA) is 17.1 Å². The average Bonchev–Trinajstić information content (AvgIpc) is 2.15. The van der Waals surface area contributed by atoms with Crippen LogP contribution in [0.2, 0.25) is 0 Å². The first-order chi connectivity index (χ1) is 7.13. The van der Waals surface area contributed by atoms with Gasteiger partial charge in [-0.3, -0.25) is 0 Å². The summed E-state index contributed by atoms with van der Waals surface area (Å²) in [5.41, 5.74) is 1.52. The molecule has 0 aromatic heterocycles. The van der Waals surface area contributed by atoms with E-state index in [9.17, 15) is 4.79 Å². The third-order valence-electron chi connectivity index (χ3n) is 3.39. The van der Waals surface area contributed by atoms with Crippen LogP contribution in [0.1, 0.15) is 52.9 Å². The Bertz CT molecular complexity index is 227. The van der Waals surface area contributed by atoms with E-state index in [-0.39, 0.29) is 0 Å². The minimum Gasteiger partial charge on any atom is -0.303 e. The number of carbonyl (C=O) groups excluding carboxylic acids is 1. The van der Waals surface area contributed by atoms with E-state index in [4.69, 9.17) is 0 Å². The van der Waals surface area contributed by atoms with Gasteiger partial charge in [-0.15, -0.1) is 0 Å². The number of carbonyl (C=O) groups is 1. The van der Waals surface area contributed by atoms with E-state index in [1.807, 2.05) is 0 Å². The molecule has 1 unspecified atom stereocenters. The molecular formula is C14H24O. The maximum Gasteiger partial charge on any atom is 0.120 e. The van der Waals surface area contributed by atoms with Crippen molar-refractivity contribution in [1.82, 2.24) is 0 Å². The zero-order valence-corrected chi connectivity index (χ0v) is 10.3. The molecule has 1 aliphatic rings. The molecule has 1 nitrogen and oxygen atoms in total. The van der Waals surface area contributed by atoms with Crippen molar-refractivity contribution in [1.29, 1.82) is 0 Å². The smallest absolute Gasteiger partial charge is 0.120 e. The zero-order valence-electron chi connectivity index (χ0n) is 10.3. The molecule has 0 spiro atoms. The Labute approximate surface area is 93.9 Å². The molecule has 1 rings (SSSR count). The van der Waals surface area contributed by atoms with Gasteiger partial charge in [0.25, 0.3) is 0 Å². The first-order valence-electron chi connectivity index (χ1n) is 6.26. The predicted molar refractivity (Wildman–Crippen MR) is 64.7 cm³/mol. The van der Waals surface area contributed by atoms with Crippen LogP contribution in [0.15, 0.2) is 11.6 Å². The number of aldehydes is 1. The number of allylic oxidation sites excluding steroid dienone is 2. The first-order valence-corrected chi connectivity index (χ1v) is 6.26. The van der Waals surface area contributed by atoms with Crippen LogP contribution in [-0.4, -0.2) is 6.29 Å². The zero-order chi connectivity index (χ0) is 11.3. The summed E-state index contributed by atoms with van der Waals surface area (Å²) in [5.74, 6) is 2.38. The van der Waals surface area contributed by atoms with Gasteiger partial charge in [-0.05, 0) is 43.4 Å². The lowest BCUT2D eigenvalue weighted by atomic mass is 9.77. The summed E-state index contributed by atoms with van der Waals surface area (Å²) in [4.78, 5) is 10.3. The Kier molecular flexibility index (Phi) is 5.07. The monoisotopic (exact) mass is 208 g/mol. The Hall–Kier alpha value is -0.590. The summed E-state index contributed by atoms with van der Waals surface area (Å²) in [6, 6.07) is 0. The minimum absolute atomic E-state index is 0.697. The summed E-state index contributed by atoms with van der Waals surface area (Å²) < 4.78 is 0. The van der Waals surface area contributed by atoms with E-state index in [0.717, 1.165) is 24.5 Å². The van der Waals surface area contributed by atoms with Crippen LogP contribution in [0.4, 0.5) is 0 Å². The van der Waals surface area contributed by atoms with Crippen LogP contribution in [0.5, 0.6) is 0 Å². The van der Waals surface area contributed by atoms with Gasteiger partial charge < -0.3 is 4.79 Å². The molecule has 0 bridgehead atoms. The summed E-state index contributed by atoms with van der Waals surface area (Å²) in [6.07, 6.45) is 9.02. The van der Waals surface area contributed by atoms with Crippen LogP contribution >= 0.6 is 0 Å². The van der Waals surface area contributed by atoms with Crippen molar-refractivity contribution in [3.8, 4) is 0 Å². The Morgan fingerprint density at radius 1 is 1.53 bits per heavy atom. The highest BCUT2D eigenvalue weighted by Crippen LogP contribution is 2.34. The van der Waals surface area contributed by atoms with Gasteiger partial charge in [-0.1, -0.05) is 32.4 Å². The summed E-state index contributed by atoms with van der Waals surface area (Å²) in [7, 11) is 0. The maximum atomic E-state index is 10.3. The molecule has 1 heteroatoms. The number of rotatable bonds is 5. The molecular weight excluding hydrogens is 184 g/mol. The molecule has 0 fully saturated rings. The molecule has 1 aliphatic carbocycles. The van der Waals surface area contributed by atoms with E-state index in [0.29, 0.717) is 12.3 Å². The van der Waals surface area contributed by atoms with E-state index < -0.39 is 0 Å². The molecule has 0 heterocycles. The highest BCUT2D eigenvalue weighted by Gasteiger charge is 2.20. The summed E-state index contributed by atoms with van der Waals surface area (Å²) in [5, 5.41) is 0. The molecule has 0 amide bonds. The van der Waals surface area contributed by atoms with Crippen molar-refractivity contribution < 1.29 is 4.79 Å². The first kappa shape index (κ1) is 12.5. The lowest BCUT2D eigenvalue weighted by molar-refractivity contribution is -0.107. The quantitative estimate of drug-likeness (QED) is 0.493. The van der Waals surface area contributed by atoms with Crippen molar-refractivity contribution >= 4 is 6.29 Å². The second-order valence-corrected chi connectivity index (χ2v) is 5.35. The third kappa shape index (κ3) is 4.19. The van der Waals surface area contributed by atoms with Gasteiger partial charge in [0.1, 0.15) is 6.29 Å². The van der Waals surface area contributed by atoms with Crippen LogP contribution in [0.3, 0.4) is 0 Å². The molecule has 15 heavy (non-hydrogen) atoms. The lowest BCUT2D eigenvalue weighted by Gasteiger charge is -2.28. The molecule has 0 aromatic rings. The van der Waals surface area contributed by atoms with Gasteiger partial charge in [0, 0.05) is 6.42 Å². The van der Waals surface area contributed by atoms with E-state index in [1.165, 1.54) is 24.8 Å². The van der Waals surface area contributed by atoms with Crippen molar-refractivity contribution in [3.05, 3.63) is 11.6 Å². The normalized spacial score (nSPS) is 26.5. The standard InChI is InChI=1S/C14H24O/c1-11(2)9-13-6-7-14(5-4-8-15)12(3)10-13/h7-8,11-13H,4-6,9-10H2,1-3H3/t12?,13-/m0/s1. The Morgan fingerprint density at radius 2 is 2.27 bits per heavy atom. The summed E-state index contributed by atoms with van der Waals surface area (Å²) in [6.45, 7) is 6.91. The molecule has 86 valence electrons. The van der Waals surface area contributed by atoms with E-state index >= 15 is 0 Å². The highest BCUT2D eigenvalue weighted by molar-refractivity contribution is 5.50. The van der Waals surface area contributed by atoms with Gasteiger partial charge in [-0.25, -0.2) is 0 Å². The van der Waals surface area contributed by atoms with Crippen molar-refractivity contribution in [3.63, 3.8) is 0 Å². The van der Waals surface area contributed by atoms with Gasteiger partial charge in [-0.2, -0.15) is 0 Å². The van der Waals surface area contributed by atoms with Crippen molar-refractivity contribution in [2.24, 2.45) is 17.8 Å². The predicted octanol–water partition coefficient (Wildman–Crippen LogP) is 3.98. The SMILES string of the molecule is CC(C)C[C@@H]1CC=C(CCC=O)C(C)C1. The average molecular weight is 208 g/mol. The Balaban J connectivity index is 2.44. The van der Waals surface area contributed by atoms with E-state index in [2.05, 4.69) is 26.8 Å². The molecule has 0 radical (unpaired) electrons. The van der Waals surface area contributed by atoms with E-state index in [1.54, 1.807) is 0 Å². The molecule has 0 N–H and O–H groups in total.